The maximum Gasteiger partial charge on any atom is 0.257 e. The molecule has 3 aromatic rings. The molecule has 0 aliphatic heterocycles. The molecule has 0 saturated carbocycles. The lowest BCUT2D eigenvalue weighted by Gasteiger charge is -2.11. The summed E-state index contributed by atoms with van der Waals surface area (Å²) in [4.78, 5) is 16.7. The van der Waals surface area contributed by atoms with Crippen molar-refractivity contribution in [3.8, 4) is 5.75 Å². The summed E-state index contributed by atoms with van der Waals surface area (Å²) < 4.78 is 5.26. The molecular formula is C21H20ClN3O2. The Morgan fingerprint density at radius 2 is 2.00 bits per heavy atom. The van der Waals surface area contributed by atoms with Crippen molar-refractivity contribution >= 4 is 28.9 Å². The minimum atomic E-state index is -0.290. The van der Waals surface area contributed by atoms with Crippen molar-refractivity contribution in [3.05, 3.63) is 82.6 Å². The molecule has 0 fully saturated rings. The predicted molar refractivity (Wildman–Crippen MR) is 109 cm³/mol. The Kier molecular flexibility index (Phi) is 5.94. The Labute approximate surface area is 163 Å². The number of benzene rings is 2. The Balaban J connectivity index is 1.71. The Morgan fingerprint density at radius 3 is 2.78 bits per heavy atom. The van der Waals surface area contributed by atoms with E-state index in [1.807, 2.05) is 6.07 Å². The molecule has 3 rings (SSSR count). The second-order valence-corrected chi connectivity index (χ2v) is 6.54. The largest absolute Gasteiger partial charge is 0.495 e. The number of aryl methyl sites for hydroxylation is 1. The zero-order chi connectivity index (χ0) is 19.2. The molecule has 0 aliphatic rings. The number of hydrogen-bond donors (Lipinski definition) is 2. The van der Waals surface area contributed by atoms with Gasteiger partial charge < -0.3 is 15.4 Å². The quantitative estimate of drug-likeness (QED) is 0.636. The number of carbonyl (C=O) groups is 1. The topological polar surface area (TPSA) is 63.2 Å². The maximum atomic E-state index is 12.6. The van der Waals surface area contributed by atoms with Crippen LogP contribution in [-0.4, -0.2) is 18.0 Å². The third kappa shape index (κ3) is 4.99. The van der Waals surface area contributed by atoms with Gasteiger partial charge in [-0.05, 0) is 36.8 Å². The number of nitrogens with zero attached hydrogens (tertiary/aromatic N) is 1. The van der Waals surface area contributed by atoms with Crippen LogP contribution in [0.25, 0.3) is 0 Å². The van der Waals surface area contributed by atoms with Gasteiger partial charge in [0, 0.05) is 24.0 Å². The van der Waals surface area contributed by atoms with Crippen LogP contribution in [0.15, 0.2) is 60.9 Å². The average Bonchev–Trinajstić information content (AvgIpc) is 2.67. The molecular weight excluding hydrogens is 362 g/mol. The van der Waals surface area contributed by atoms with Gasteiger partial charge in [0.05, 0.1) is 24.0 Å². The molecule has 138 valence electrons. The highest BCUT2D eigenvalue weighted by Crippen LogP contribution is 2.28. The fourth-order valence-corrected chi connectivity index (χ4v) is 2.83. The van der Waals surface area contributed by atoms with Gasteiger partial charge in [0.1, 0.15) is 5.75 Å². The number of anilines is 2. The molecule has 1 heterocycles. The zero-order valence-electron chi connectivity index (χ0n) is 15.1. The predicted octanol–water partition coefficient (Wildman–Crippen LogP) is 4.92. The van der Waals surface area contributed by atoms with Gasteiger partial charge in [0.25, 0.3) is 5.91 Å². The number of amides is 1. The number of halogens is 1. The molecule has 1 aromatic heterocycles. The number of aromatic nitrogens is 1. The van der Waals surface area contributed by atoms with E-state index in [9.17, 15) is 4.79 Å². The molecule has 0 bridgehead atoms. The molecule has 6 heteroatoms. The van der Waals surface area contributed by atoms with Crippen molar-refractivity contribution in [2.45, 2.75) is 13.5 Å². The second kappa shape index (κ2) is 8.56. The van der Waals surface area contributed by atoms with E-state index in [0.29, 0.717) is 28.6 Å². The van der Waals surface area contributed by atoms with Gasteiger partial charge in [0.2, 0.25) is 0 Å². The molecule has 0 spiro atoms. The van der Waals surface area contributed by atoms with E-state index >= 15 is 0 Å². The van der Waals surface area contributed by atoms with E-state index in [4.69, 9.17) is 16.3 Å². The summed E-state index contributed by atoms with van der Waals surface area (Å²) in [6, 6.07) is 15.1. The van der Waals surface area contributed by atoms with E-state index in [-0.39, 0.29) is 5.91 Å². The highest BCUT2D eigenvalue weighted by molar-refractivity contribution is 6.31. The molecule has 0 aliphatic carbocycles. The summed E-state index contributed by atoms with van der Waals surface area (Å²) in [5.41, 5.74) is 4.08. The van der Waals surface area contributed by atoms with E-state index in [1.54, 1.807) is 30.5 Å². The number of nitrogens with one attached hydrogen (secondary N) is 2. The van der Waals surface area contributed by atoms with Gasteiger partial charge in [-0.1, -0.05) is 41.4 Å². The van der Waals surface area contributed by atoms with Crippen LogP contribution in [0, 0.1) is 6.92 Å². The van der Waals surface area contributed by atoms with Crippen LogP contribution in [0.5, 0.6) is 5.75 Å². The first kappa shape index (κ1) is 18.7. The van der Waals surface area contributed by atoms with Crippen molar-refractivity contribution in [2.75, 3.05) is 17.7 Å². The SMILES string of the molecule is COc1ccc(Cl)cc1NC(=O)c1cncc(NCc2cccc(C)c2)c1. The molecule has 27 heavy (non-hydrogen) atoms. The van der Waals surface area contributed by atoms with Gasteiger partial charge in [-0.2, -0.15) is 0 Å². The summed E-state index contributed by atoms with van der Waals surface area (Å²) in [6.07, 6.45) is 3.21. The van der Waals surface area contributed by atoms with Crippen molar-refractivity contribution in [2.24, 2.45) is 0 Å². The van der Waals surface area contributed by atoms with E-state index in [0.717, 1.165) is 11.3 Å². The number of ether oxygens (including phenoxy) is 1. The number of hydrogen-bond acceptors (Lipinski definition) is 4. The lowest BCUT2D eigenvalue weighted by atomic mass is 10.1. The minimum Gasteiger partial charge on any atom is -0.495 e. The van der Waals surface area contributed by atoms with E-state index in [1.165, 1.54) is 18.9 Å². The van der Waals surface area contributed by atoms with Gasteiger partial charge >= 0.3 is 0 Å². The van der Waals surface area contributed by atoms with Gasteiger partial charge in [-0.25, -0.2) is 0 Å². The van der Waals surface area contributed by atoms with Crippen molar-refractivity contribution in [3.63, 3.8) is 0 Å². The highest BCUT2D eigenvalue weighted by Gasteiger charge is 2.11. The van der Waals surface area contributed by atoms with Crippen LogP contribution in [0.1, 0.15) is 21.5 Å². The average molecular weight is 382 g/mol. The summed E-state index contributed by atoms with van der Waals surface area (Å²) in [5, 5.41) is 6.61. The maximum absolute atomic E-state index is 12.6. The van der Waals surface area contributed by atoms with Crippen molar-refractivity contribution < 1.29 is 9.53 Å². The highest BCUT2D eigenvalue weighted by atomic mass is 35.5. The molecule has 2 N–H and O–H groups in total. The fourth-order valence-electron chi connectivity index (χ4n) is 2.66. The Hall–Kier alpha value is -3.05. The first-order chi connectivity index (χ1) is 13.0. The number of rotatable bonds is 6. The summed E-state index contributed by atoms with van der Waals surface area (Å²) in [5.74, 6) is 0.247. The standard InChI is InChI=1S/C21H20ClN3O2/c1-14-4-3-5-15(8-14)11-24-18-9-16(12-23-13-18)21(26)25-19-10-17(22)6-7-20(19)27-2/h3-10,12-13,24H,11H2,1-2H3,(H,25,26). The monoisotopic (exact) mass is 381 g/mol. The van der Waals surface area contributed by atoms with Crippen molar-refractivity contribution in [1.82, 2.24) is 4.98 Å². The number of methoxy groups -OCH3 is 1. The van der Waals surface area contributed by atoms with Crippen LogP contribution in [0.3, 0.4) is 0 Å². The van der Waals surface area contributed by atoms with Crippen LogP contribution in [0.2, 0.25) is 5.02 Å². The van der Waals surface area contributed by atoms with E-state index in [2.05, 4.69) is 40.7 Å². The third-order valence-electron chi connectivity index (χ3n) is 3.99. The molecule has 1 amide bonds. The molecule has 0 radical (unpaired) electrons. The van der Waals surface area contributed by atoms with Gasteiger partial charge in [-0.15, -0.1) is 0 Å². The third-order valence-corrected chi connectivity index (χ3v) is 4.22. The lowest BCUT2D eigenvalue weighted by molar-refractivity contribution is 0.102. The molecule has 2 aromatic carbocycles. The molecule has 0 saturated heterocycles. The number of carbonyl (C=O) groups excluding carboxylic acids is 1. The Morgan fingerprint density at radius 1 is 1.15 bits per heavy atom. The van der Waals surface area contributed by atoms with Crippen LogP contribution >= 0.6 is 11.6 Å². The molecule has 0 unspecified atom stereocenters. The smallest absolute Gasteiger partial charge is 0.257 e. The van der Waals surface area contributed by atoms with E-state index < -0.39 is 0 Å². The number of pyridine rings is 1. The zero-order valence-corrected chi connectivity index (χ0v) is 15.9. The van der Waals surface area contributed by atoms with Crippen LogP contribution in [0.4, 0.5) is 11.4 Å². The van der Waals surface area contributed by atoms with Crippen molar-refractivity contribution in [1.29, 1.82) is 0 Å². The first-order valence-corrected chi connectivity index (χ1v) is 8.82. The summed E-state index contributed by atoms with van der Waals surface area (Å²) >= 11 is 6.01. The second-order valence-electron chi connectivity index (χ2n) is 6.10. The normalized spacial score (nSPS) is 10.3. The van der Waals surface area contributed by atoms with Gasteiger partial charge in [-0.3, -0.25) is 9.78 Å². The fraction of sp³-hybridized carbons (Fsp3) is 0.143. The van der Waals surface area contributed by atoms with Gasteiger partial charge in [0.15, 0.2) is 0 Å². The molecule has 0 atom stereocenters. The van der Waals surface area contributed by atoms with Crippen LogP contribution < -0.4 is 15.4 Å². The lowest BCUT2D eigenvalue weighted by Crippen LogP contribution is -2.13. The summed E-state index contributed by atoms with van der Waals surface area (Å²) in [7, 11) is 1.54. The minimum absolute atomic E-state index is 0.290. The Bertz CT molecular complexity index is 960. The summed E-state index contributed by atoms with van der Waals surface area (Å²) in [6.45, 7) is 2.71. The first-order valence-electron chi connectivity index (χ1n) is 8.44. The van der Waals surface area contributed by atoms with Crippen LogP contribution in [-0.2, 0) is 6.54 Å². The molecule has 5 nitrogen and oxygen atoms in total.